The Labute approximate surface area is 87.0 Å². The van der Waals surface area contributed by atoms with Gasteiger partial charge in [0.25, 0.3) is 5.56 Å². The maximum atomic E-state index is 11.6. The van der Waals surface area contributed by atoms with Crippen LogP contribution in [0.2, 0.25) is 0 Å². The zero-order valence-corrected chi connectivity index (χ0v) is 9.10. The number of nitrogens with two attached hydrogens (primary N) is 2. The number of nitrogen functional groups attached to an aromatic ring is 2. The van der Waals surface area contributed by atoms with Crippen molar-refractivity contribution in [1.29, 1.82) is 0 Å². The molecule has 1 aromatic heterocycles. The number of nitrogens with zero attached hydrogens (tertiary/aromatic N) is 2. The summed E-state index contributed by atoms with van der Waals surface area (Å²) in [6, 6.07) is 0. The zero-order valence-electron chi connectivity index (χ0n) is 8.28. The van der Waals surface area contributed by atoms with Crippen LogP contribution in [0.1, 0.15) is 13.8 Å². The molecule has 0 aliphatic carbocycles. The number of hydrogen-bond acceptors (Lipinski definition) is 4. The van der Waals surface area contributed by atoms with Gasteiger partial charge in [-0.15, -0.1) is 0 Å². The minimum absolute atomic E-state index is 0.0716. The van der Waals surface area contributed by atoms with E-state index in [1.807, 2.05) is 13.8 Å². The fraction of sp³-hybridized carbons (Fsp3) is 0.500. The van der Waals surface area contributed by atoms with Crippen LogP contribution in [-0.4, -0.2) is 9.13 Å². The van der Waals surface area contributed by atoms with Crippen LogP contribution in [0.25, 0.3) is 0 Å². The number of aromatic nitrogens is 2. The summed E-state index contributed by atoms with van der Waals surface area (Å²) in [5.41, 5.74) is 11.0. The molecule has 0 amide bonds. The number of hydrogen-bond donors (Lipinski definition) is 2. The Balaban J connectivity index is 3.74. The highest BCUT2D eigenvalue weighted by Crippen LogP contribution is 2.09. The molecule has 0 fully saturated rings. The third-order valence-electron chi connectivity index (χ3n) is 2.14. The smallest absolute Gasteiger partial charge is 0.279 e. The van der Waals surface area contributed by atoms with Crippen molar-refractivity contribution in [3.05, 3.63) is 15.1 Å². The summed E-state index contributed by atoms with van der Waals surface area (Å²) in [5, 5.41) is 0. The van der Waals surface area contributed by atoms with E-state index in [1.54, 1.807) is 4.57 Å². The van der Waals surface area contributed by atoms with Crippen molar-refractivity contribution in [1.82, 2.24) is 9.13 Å². The lowest BCUT2D eigenvalue weighted by atomic mass is 10.4. The van der Waals surface area contributed by atoms with Gasteiger partial charge in [0.05, 0.1) is 0 Å². The Bertz CT molecular complexity index is 460. The molecule has 0 saturated heterocycles. The molecule has 1 heterocycles. The van der Waals surface area contributed by atoms with Crippen LogP contribution in [0.3, 0.4) is 0 Å². The van der Waals surface area contributed by atoms with E-state index < -0.39 is 0 Å². The van der Waals surface area contributed by atoms with Crippen molar-refractivity contribution in [3.8, 4) is 0 Å². The van der Waals surface area contributed by atoms with E-state index in [4.69, 9.17) is 23.7 Å². The molecule has 0 saturated carbocycles. The first kappa shape index (κ1) is 10.8. The van der Waals surface area contributed by atoms with Gasteiger partial charge in [-0.2, -0.15) is 0 Å². The van der Waals surface area contributed by atoms with Gasteiger partial charge in [0, 0.05) is 13.1 Å². The maximum Gasteiger partial charge on any atom is 0.279 e. The lowest BCUT2D eigenvalue weighted by Gasteiger charge is -2.13. The van der Waals surface area contributed by atoms with E-state index in [0.29, 0.717) is 17.9 Å². The van der Waals surface area contributed by atoms with E-state index in [9.17, 15) is 4.79 Å². The zero-order chi connectivity index (χ0) is 10.9. The molecule has 5 nitrogen and oxygen atoms in total. The van der Waals surface area contributed by atoms with Gasteiger partial charge in [-0.05, 0) is 26.1 Å². The number of rotatable bonds is 2. The van der Waals surface area contributed by atoms with Gasteiger partial charge in [0.15, 0.2) is 4.77 Å². The Morgan fingerprint density at radius 3 is 2.14 bits per heavy atom. The van der Waals surface area contributed by atoms with Gasteiger partial charge in [-0.25, -0.2) is 0 Å². The summed E-state index contributed by atoms with van der Waals surface area (Å²) in [6.45, 7) is 4.85. The van der Waals surface area contributed by atoms with Crippen LogP contribution < -0.4 is 17.0 Å². The third-order valence-corrected chi connectivity index (χ3v) is 2.58. The fourth-order valence-electron chi connectivity index (χ4n) is 1.32. The Hall–Kier alpha value is -1.30. The highest BCUT2D eigenvalue weighted by atomic mass is 32.1. The normalized spacial score (nSPS) is 10.4. The van der Waals surface area contributed by atoms with Crippen molar-refractivity contribution in [2.75, 3.05) is 11.5 Å². The molecule has 0 aromatic carbocycles. The van der Waals surface area contributed by atoms with Crippen molar-refractivity contribution in [2.45, 2.75) is 26.9 Å². The van der Waals surface area contributed by atoms with Crippen molar-refractivity contribution in [2.24, 2.45) is 0 Å². The molecule has 14 heavy (non-hydrogen) atoms. The van der Waals surface area contributed by atoms with Crippen LogP contribution in [-0.2, 0) is 13.1 Å². The van der Waals surface area contributed by atoms with E-state index in [2.05, 4.69) is 0 Å². The van der Waals surface area contributed by atoms with Crippen molar-refractivity contribution < 1.29 is 0 Å². The van der Waals surface area contributed by atoms with Crippen LogP contribution >= 0.6 is 12.2 Å². The molecule has 0 aliphatic heterocycles. The van der Waals surface area contributed by atoms with Gasteiger partial charge in [-0.1, -0.05) is 0 Å². The second-order valence-electron chi connectivity index (χ2n) is 2.88. The minimum Gasteiger partial charge on any atom is -0.391 e. The van der Waals surface area contributed by atoms with Crippen molar-refractivity contribution in [3.63, 3.8) is 0 Å². The van der Waals surface area contributed by atoms with Crippen LogP contribution in [0, 0.1) is 4.77 Å². The summed E-state index contributed by atoms with van der Waals surface area (Å²) < 4.78 is 3.51. The third kappa shape index (κ3) is 1.41. The predicted molar refractivity (Wildman–Crippen MR) is 59.7 cm³/mol. The molecule has 0 bridgehead atoms. The molecule has 6 heteroatoms. The minimum atomic E-state index is -0.306. The van der Waals surface area contributed by atoms with Crippen LogP contribution in [0.15, 0.2) is 4.79 Å². The topological polar surface area (TPSA) is 79.0 Å². The highest BCUT2D eigenvalue weighted by Gasteiger charge is 2.09. The van der Waals surface area contributed by atoms with E-state index >= 15 is 0 Å². The van der Waals surface area contributed by atoms with E-state index in [1.165, 1.54) is 4.57 Å². The molecule has 78 valence electrons. The van der Waals surface area contributed by atoms with Crippen LogP contribution in [0.4, 0.5) is 11.5 Å². The second kappa shape index (κ2) is 3.83. The molecular weight excluding hydrogens is 200 g/mol. The molecular formula is C8H14N4OS. The molecule has 0 radical (unpaired) electrons. The molecule has 1 aromatic rings. The molecule has 4 N–H and O–H groups in total. The monoisotopic (exact) mass is 214 g/mol. The van der Waals surface area contributed by atoms with Gasteiger partial charge < -0.3 is 16.0 Å². The molecule has 1 rings (SSSR count). The Morgan fingerprint density at radius 1 is 1.21 bits per heavy atom. The van der Waals surface area contributed by atoms with E-state index in [0.717, 1.165) is 0 Å². The fourth-order valence-corrected chi connectivity index (χ4v) is 1.76. The summed E-state index contributed by atoms with van der Waals surface area (Å²) in [7, 11) is 0. The average Bonchev–Trinajstić information content (AvgIpc) is 2.16. The SMILES string of the molecule is CCn1c(N)c(N)c(=O)n(CC)c1=S. The largest absolute Gasteiger partial charge is 0.391 e. The molecule has 0 atom stereocenters. The Kier molecular flexibility index (Phi) is 2.95. The second-order valence-corrected chi connectivity index (χ2v) is 3.24. The van der Waals surface area contributed by atoms with Crippen molar-refractivity contribution >= 4 is 23.7 Å². The van der Waals surface area contributed by atoms with Gasteiger partial charge in [0.2, 0.25) is 0 Å². The molecule has 0 spiro atoms. The summed E-state index contributed by atoms with van der Waals surface area (Å²) in [6.07, 6.45) is 0. The standard InChI is InChI=1S/C8H14N4OS/c1-3-11-6(10)5(9)7(13)12(4-2)8(11)14/h3-4,9-10H2,1-2H3. The summed E-state index contributed by atoms with van der Waals surface area (Å²) in [4.78, 5) is 11.6. The average molecular weight is 214 g/mol. The first-order valence-electron chi connectivity index (χ1n) is 4.43. The Morgan fingerprint density at radius 2 is 1.71 bits per heavy atom. The highest BCUT2D eigenvalue weighted by molar-refractivity contribution is 7.71. The first-order valence-corrected chi connectivity index (χ1v) is 4.83. The number of anilines is 2. The van der Waals surface area contributed by atoms with Gasteiger partial charge in [0.1, 0.15) is 11.5 Å². The predicted octanol–water partition coefficient (Wildman–Crippen LogP) is 0.583. The van der Waals surface area contributed by atoms with Gasteiger partial charge >= 0.3 is 0 Å². The summed E-state index contributed by atoms with van der Waals surface area (Å²) >= 11 is 5.12. The lowest BCUT2D eigenvalue weighted by Crippen LogP contribution is -2.29. The quantitative estimate of drug-likeness (QED) is 0.706. The van der Waals surface area contributed by atoms with E-state index in [-0.39, 0.29) is 17.1 Å². The maximum absolute atomic E-state index is 11.6. The first-order chi connectivity index (χ1) is 6.54. The lowest BCUT2D eigenvalue weighted by molar-refractivity contribution is 0.622. The summed E-state index contributed by atoms with van der Waals surface area (Å²) in [5.74, 6) is 0.257. The van der Waals surface area contributed by atoms with Gasteiger partial charge in [-0.3, -0.25) is 9.36 Å². The molecule has 0 aliphatic rings. The van der Waals surface area contributed by atoms with Crippen LogP contribution in [0.5, 0.6) is 0 Å². The molecule has 0 unspecified atom stereocenters.